The second-order valence-corrected chi connectivity index (χ2v) is 20.0. The van der Waals surface area contributed by atoms with Crippen LogP contribution in [0.15, 0.2) is 84.9 Å². The van der Waals surface area contributed by atoms with Gasteiger partial charge in [-0.15, -0.1) is 26.3 Å². The van der Waals surface area contributed by atoms with Gasteiger partial charge in [-0.3, -0.25) is 9.59 Å². The predicted octanol–water partition coefficient (Wildman–Crippen LogP) is 11.8. The Morgan fingerprint density at radius 1 is 0.605 bits per heavy atom. The van der Waals surface area contributed by atoms with Gasteiger partial charge in [0, 0.05) is 72.5 Å². The van der Waals surface area contributed by atoms with Crippen molar-refractivity contribution in [2.24, 2.45) is 0 Å². The van der Waals surface area contributed by atoms with Crippen molar-refractivity contribution < 1.29 is 54.9 Å². The van der Waals surface area contributed by atoms with Crippen LogP contribution in [0.2, 0.25) is 10.0 Å². The summed E-state index contributed by atoms with van der Waals surface area (Å²) in [5.41, 5.74) is 4.97. The van der Waals surface area contributed by atoms with E-state index in [-0.39, 0.29) is 34.8 Å². The highest BCUT2D eigenvalue weighted by Gasteiger charge is 2.33. The van der Waals surface area contributed by atoms with E-state index in [0.717, 1.165) is 121 Å². The molecule has 3 aliphatic rings. The normalized spacial score (nSPS) is 15.9. The molecule has 3 fully saturated rings. The maximum Gasteiger partial charge on any atom is 0.573 e. The topological polar surface area (TPSA) is 134 Å². The van der Waals surface area contributed by atoms with Crippen molar-refractivity contribution in [3.05, 3.63) is 106 Å². The minimum absolute atomic E-state index is 0.0621. The van der Waals surface area contributed by atoms with Crippen molar-refractivity contribution in [1.82, 2.24) is 19.8 Å². The number of anilines is 4. The Hall–Kier alpha value is -6.48. The quantitative estimate of drug-likeness (QED) is 0.101. The number of ether oxygens (including phenoxy) is 4. The lowest BCUT2D eigenvalue weighted by atomic mass is 10.0. The highest BCUT2D eigenvalue weighted by molar-refractivity contribution is 6.32. The Labute approximate surface area is 446 Å². The predicted molar refractivity (Wildman–Crippen MR) is 282 cm³/mol. The maximum absolute atomic E-state index is 12.5. The molecule has 9 rings (SSSR count). The fraction of sp³-hybridized carbons (Fsp3) is 0.407. The maximum atomic E-state index is 12.5. The van der Waals surface area contributed by atoms with Crippen LogP contribution < -0.4 is 39.4 Å². The van der Waals surface area contributed by atoms with E-state index >= 15 is 0 Å². The number of piperidine rings is 2. The van der Waals surface area contributed by atoms with Crippen LogP contribution in [0.1, 0.15) is 49.7 Å². The summed E-state index contributed by atoms with van der Waals surface area (Å²) in [5.74, 6) is 0.226. The van der Waals surface area contributed by atoms with Crippen LogP contribution in [0.5, 0.6) is 23.0 Å². The molecule has 0 saturated carbocycles. The number of nitrogens with one attached hydrogen (secondary N) is 2. The molecule has 0 aliphatic carbocycles. The number of hydrogen-bond donors (Lipinski definition) is 2. The molecule has 3 saturated heterocycles. The van der Waals surface area contributed by atoms with Gasteiger partial charge < -0.3 is 49.2 Å². The lowest BCUT2D eigenvalue weighted by Gasteiger charge is -2.37. The monoisotopic (exact) mass is 1100 g/mol. The Morgan fingerprint density at radius 2 is 1.03 bits per heavy atom. The van der Waals surface area contributed by atoms with Gasteiger partial charge in [0.25, 0.3) is 11.8 Å². The number of amides is 2. The minimum Gasteiger partial charge on any atom is -0.482 e. The van der Waals surface area contributed by atoms with Crippen LogP contribution in [0.4, 0.5) is 49.4 Å². The van der Waals surface area contributed by atoms with Gasteiger partial charge in [-0.2, -0.15) is 0 Å². The first-order chi connectivity index (χ1) is 36.1. The van der Waals surface area contributed by atoms with Gasteiger partial charge in [-0.1, -0.05) is 23.2 Å². The zero-order valence-corrected chi connectivity index (χ0v) is 43.8. The summed E-state index contributed by atoms with van der Waals surface area (Å²) in [6.45, 7) is 9.65. The van der Waals surface area contributed by atoms with Crippen LogP contribution in [0, 0.1) is 13.8 Å². The van der Waals surface area contributed by atoms with Gasteiger partial charge in [0.15, 0.2) is 13.2 Å². The van der Waals surface area contributed by atoms with E-state index in [4.69, 9.17) is 42.6 Å². The SMILES string of the molecule is Cc1cc(N2CCC(N(C)C)CC2)nc2ccc(NC(=O)COc3ccc(OC(F)(F)F)cc3Cl)cc12.Cc1cc(N2CCC(N3CCCC3)CC2)nc2ccc(NC(=O)COc3ccc(OC(F)(F)F)cc3Cl)cc12. The third-order valence-corrected chi connectivity index (χ3v) is 14.1. The summed E-state index contributed by atoms with van der Waals surface area (Å²) in [6, 6.07) is 23.0. The number of benzene rings is 4. The first kappa shape index (κ1) is 55.7. The molecular formula is C54H58Cl2F6N8O6. The first-order valence-corrected chi connectivity index (χ1v) is 25.6. The van der Waals surface area contributed by atoms with Crippen molar-refractivity contribution in [2.75, 3.05) is 87.0 Å². The molecule has 4 aromatic carbocycles. The van der Waals surface area contributed by atoms with Gasteiger partial charge >= 0.3 is 12.7 Å². The van der Waals surface area contributed by atoms with Gasteiger partial charge in [-0.05, 0) is 163 Å². The van der Waals surface area contributed by atoms with Crippen molar-refractivity contribution in [1.29, 1.82) is 0 Å². The number of likely N-dealkylation sites (tertiary alicyclic amines) is 1. The van der Waals surface area contributed by atoms with Crippen LogP contribution in [-0.4, -0.2) is 123 Å². The highest BCUT2D eigenvalue weighted by Crippen LogP contribution is 2.35. The molecule has 22 heteroatoms. The number of nitrogens with zero attached hydrogens (tertiary/aromatic N) is 6. The number of alkyl halides is 6. The van der Waals surface area contributed by atoms with Gasteiger partial charge in [0.1, 0.15) is 34.6 Å². The Bertz CT molecular complexity index is 3020. The highest BCUT2D eigenvalue weighted by atomic mass is 35.5. The summed E-state index contributed by atoms with van der Waals surface area (Å²) in [5, 5.41) is 7.19. The van der Waals surface area contributed by atoms with E-state index in [1.165, 1.54) is 38.1 Å². The van der Waals surface area contributed by atoms with Crippen LogP contribution in [0.25, 0.3) is 21.8 Å². The molecule has 406 valence electrons. The van der Waals surface area contributed by atoms with Gasteiger partial charge in [-0.25, -0.2) is 9.97 Å². The smallest absolute Gasteiger partial charge is 0.482 e. The molecule has 0 radical (unpaired) electrons. The molecule has 5 heterocycles. The van der Waals surface area contributed by atoms with Crippen LogP contribution in [-0.2, 0) is 9.59 Å². The molecule has 0 atom stereocenters. The number of aryl methyl sites for hydroxylation is 2. The molecule has 2 N–H and O–H groups in total. The first-order valence-electron chi connectivity index (χ1n) is 24.8. The fourth-order valence-corrected chi connectivity index (χ4v) is 10.1. The van der Waals surface area contributed by atoms with Crippen LogP contribution >= 0.6 is 23.2 Å². The number of fused-ring (bicyclic) bond motifs is 2. The fourth-order valence-electron chi connectivity index (χ4n) is 9.68. The third kappa shape index (κ3) is 15.1. The zero-order valence-electron chi connectivity index (χ0n) is 42.3. The van der Waals surface area contributed by atoms with Gasteiger partial charge in [0.2, 0.25) is 0 Å². The molecule has 0 bridgehead atoms. The molecule has 14 nitrogen and oxygen atoms in total. The van der Waals surface area contributed by atoms with E-state index in [1.807, 2.05) is 38.1 Å². The molecular weight excluding hydrogens is 1040 g/mol. The zero-order chi connectivity index (χ0) is 54.3. The number of pyridine rings is 2. The number of carbonyl (C=O) groups excluding carboxylic acids is 2. The Kier molecular flexibility index (Phi) is 17.8. The Balaban J connectivity index is 0.000000202. The summed E-state index contributed by atoms with van der Waals surface area (Å²) >= 11 is 11.9. The number of carbonyl (C=O) groups is 2. The number of aromatic nitrogens is 2. The standard InChI is InChI=1S/C28H30ClF3N4O3.C26H28ClF3N4O3/c1-18-14-26(36-12-8-20(9-13-36)35-10-2-3-11-35)34-24-6-4-19(15-22(18)24)33-27(37)17-38-25-7-5-21(16-23(25)29)39-28(30,31)32;1-16-12-24(34-10-8-18(9-11-34)33(2)3)32-22-6-4-17(13-20(16)22)31-25(35)15-36-23-7-5-19(14-21(23)27)37-26(28,29)30/h4-7,14-16,20H,2-3,8-13,17H2,1H3,(H,33,37);4-7,12-14,18H,8-11,15H2,1-3H3,(H,31,35). The van der Waals surface area contributed by atoms with E-state index in [1.54, 1.807) is 12.1 Å². The van der Waals surface area contributed by atoms with Gasteiger partial charge in [0.05, 0.1) is 21.1 Å². The molecule has 0 unspecified atom stereocenters. The van der Waals surface area contributed by atoms with E-state index in [0.29, 0.717) is 23.5 Å². The molecule has 6 aromatic rings. The molecule has 3 aliphatic heterocycles. The largest absolute Gasteiger partial charge is 0.573 e. The number of rotatable bonds is 14. The lowest BCUT2D eigenvalue weighted by molar-refractivity contribution is -0.275. The summed E-state index contributed by atoms with van der Waals surface area (Å²) in [7, 11) is 4.23. The third-order valence-electron chi connectivity index (χ3n) is 13.5. The summed E-state index contributed by atoms with van der Waals surface area (Å²) in [6.07, 6.45) is -2.54. The summed E-state index contributed by atoms with van der Waals surface area (Å²) in [4.78, 5) is 44.2. The average molecular weight is 1100 g/mol. The minimum atomic E-state index is -4.83. The van der Waals surface area contributed by atoms with Crippen molar-refractivity contribution >= 4 is 79.8 Å². The average Bonchev–Trinajstić information content (AvgIpc) is 3.92. The number of halogens is 8. The van der Waals surface area contributed by atoms with E-state index < -0.39 is 36.0 Å². The van der Waals surface area contributed by atoms with Crippen molar-refractivity contribution in [3.63, 3.8) is 0 Å². The number of hydrogen-bond acceptors (Lipinski definition) is 12. The second kappa shape index (κ2) is 24.2. The lowest BCUT2D eigenvalue weighted by Crippen LogP contribution is -2.44. The second-order valence-electron chi connectivity index (χ2n) is 19.2. The summed E-state index contributed by atoms with van der Waals surface area (Å²) < 4.78 is 92.5. The van der Waals surface area contributed by atoms with Crippen LogP contribution in [0.3, 0.4) is 0 Å². The Morgan fingerprint density at radius 3 is 1.42 bits per heavy atom. The molecule has 2 aromatic heterocycles. The molecule has 0 spiro atoms. The van der Waals surface area contributed by atoms with Crippen molar-refractivity contribution in [3.8, 4) is 23.0 Å². The van der Waals surface area contributed by atoms with E-state index in [2.05, 4.69) is 65.9 Å². The molecule has 76 heavy (non-hydrogen) atoms. The molecule has 2 amide bonds. The van der Waals surface area contributed by atoms with Crippen molar-refractivity contribution in [2.45, 2.75) is 77.2 Å². The van der Waals surface area contributed by atoms with E-state index in [9.17, 15) is 35.9 Å².